The topological polar surface area (TPSA) is 44.4 Å². The van der Waals surface area contributed by atoms with Crippen LogP contribution >= 0.6 is 0 Å². The number of hydrogen-bond donors (Lipinski definition) is 2. The van der Waals surface area contributed by atoms with Crippen LogP contribution in [0.5, 0.6) is 0 Å². The van der Waals surface area contributed by atoms with Crippen molar-refractivity contribution in [2.24, 2.45) is 5.92 Å². The molecule has 1 heterocycles. The molecular weight excluding hydrogens is 250 g/mol. The van der Waals surface area contributed by atoms with E-state index in [0.29, 0.717) is 5.92 Å². The predicted molar refractivity (Wildman–Crippen MR) is 82.9 cm³/mol. The molecule has 1 fully saturated rings. The van der Waals surface area contributed by atoms with Gasteiger partial charge in [0.15, 0.2) is 0 Å². The fraction of sp³-hybridized carbons (Fsp3) is 0.562. The van der Waals surface area contributed by atoms with Crippen molar-refractivity contribution in [3.05, 3.63) is 29.8 Å². The Bertz CT molecular complexity index is 461. The normalized spacial score (nSPS) is 20.6. The Morgan fingerprint density at radius 1 is 1.40 bits per heavy atom. The number of rotatable bonds is 3. The zero-order valence-corrected chi connectivity index (χ0v) is 12.6. The first-order valence-corrected chi connectivity index (χ1v) is 7.44. The van der Waals surface area contributed by atoms with Crippen molar-refractivity contribution < 1.29 is 4.79 Å². The lowest BCUT2D eigenvalue weighted by Crippen LogP contribution is -2.41. The summed E-state index contributed by atoms with van der Waals surface area (Å²) in [6.07, 6.45) is 2.32. The van der Waals surface area contributed by atoms with Gasteiger partial charge in [0.2, 0.25) is 0 Å². The SMILES string of the molecule is CNC(C)c1ccccc1NC(=O)N1CCCC(C)C1. The van der Waals surface area contributed by atoms with Crippen LogP contribution in [0, 0.1) is 5.92 Å². The fourth-order valence-corrected chi connectivity index (χ4v) is 2.71. The van der Waals surface area contributed by atoms with Gasteiger partial charge in [-0.05, 0) is 44.4 Å². The Balaban J connectivity index is 2.07. The van der Waals surface area contributed by atoms with E-state index in [1.807, 2.05) is 30.1 Å². The lowest BCUT2D eigenvalue weighted by molar-refractivity contribution is 0.182. The quantitative estimate of drug-likeness (QED) is 0.889. The zero-order valence-electron chi connectivity index (χ0n) is 12.6. The molecule has 110 valence electrons. The van der Waals surface area contributed by atoms with Gasteiger partial charge in [-0.2, -0.15) is 0 Å². The molecule has 2 atom stereocenters. The van der Waals surface area contributed by atoms with E-state index in [2.05, 4.69) is 30.5 Å². The van der Waals surface area contributed by atoms with Crippen LogP contribution in [0.15, 0.2) is 24.3 Å². The summed E-state index contributed by atoms with van der Waals surface area (Å²) in [5.41, 5.74) is 2.02. The highest BCUT2D eigenvalue weighted by atomic mass is 16.2. The molecule has 1 aliphatic rings. The first-order valence-electron chi connectivity index (χ1n) is 7.44. The number of benzene rings is 1. The number of amides is 2. The molecule has 20 heavy (non-hydrogen) atoms. The van der Waals surface area contributed by atoms with Crippen LogP contribution in [-0.2, 0) is 0 Å². The lowest BCUT2D eigenvalue weighted by atomic mass is 10.0. The van der Waals surface area contributed by atoms with Gasteiger partial charge in [-0.1, -0.05) is 25.1 Å². The molecule has 2 amide bonds. The Hall–Kier alpha value is -1.55. The van der Waals surface area contributed by atoms with Gasteiger partial charge in [-0.15, -0.1) is 0 Å². The Labute approximate surface area is 121 Å². The van der Waals surface area contributed by atoms with Crippen molar-refractivity contribution in [3.8, 4) is 0 Å². The monoisotopic (exact) mass is 275 g/mol. The largest absolute Gasteiger partial charge is 0.324 e. The molecular formula is C16H25N3O. The molecule has 4 heteroatoms. The van der Waals surface area contributed by atoms with Gasteiger partial charge in [0.05, 0.1) is 0 Å². The second-order valence-electron chi connectivity index (χ2n) is 5.72. The summed E-state index contributed by atoms with van der Waals surface area (Å²) in [5.74, 6) is 0.598. The van der Waals surface area contributed by atoms with Crippen molar-refractivity contribution in [1.29, 1.82) is 0 Å². The average Bonchev–Trinajstić information content (AvgIpc) is 2.47. The summed E-state index contributed by atoms with van der Waals surface area (Å²) in [6.45, 7) is 6.01. The summed E-state index contributed by atoms with van der Waals surface area (Å²) < 4.78 is 0. The van der Waals surface area contributed by atoms with Crippen molar-refractivity contribution in [2.75, 3.05) is 25.5 Å². The van der Waals surface area contributed by atoms with E-state index in [1.165, 1.54) is 6.42 Å². The Morgan fingerprint density at radius 3 is 2.85 bits per heavy atom. The van der Waals surface area contributed by atoms with E-state index in [0.717, 1.165) is 30.8 Å². The van der Waals surface area contributed by atoms with Crippen LogP contribution in [0.2, 0.25) is 0 Å². The number of piperidine rings is 1. The minimum atomic E-state index is 0.0207. The smallest absolute Gasteiger partial charge is 0.321 e. The molecule has 2 rings (SSSR count). The van der Waals surface area contributed by atoms with Crippen molar-refractivity contribution in [1.82, 2.24) is 10.2 Å². The number of anilines is 1. The van der Waals surface area contributed by atoms with E-state index >= 15 is 0 Å². The van der Waals surface area contributed by atoms with Crippen LogP contribution in [0.1, 0.15) is 38.3 Å². The third-order valence-electron chi connectivity index (χ3n) is 4.05. The Kier molecular flexibility index (Phi) is 5.01. The minimum Gasteiger partial charge on any atom is -0.324 e. The Morgan fingerprint density at radius 2 is 2.15 bits per heavy atom. The molecule has 0 bridgehead atoms. The van der Waals surface area contributed by atoms with Crippen molar-refractivity contribution in [3.63, 3.8) is 0 Å². The summed E-state index contributed by atoms with van der Waals surface area (Å²) >= 11 is 0. The number of para-hydroxylation sites is 1. The van der Waals surface area contributed by atoms with Crippen LogP contribution < -0.4 is 10.6 Å². The van der Waals surface area contributed by atoms with Gasteiger partial charge in [0.1, 0.15) is 0 Å². The highest BCUT2D eigenvalue weighted by Crippen LogP contribution is 2.23. The number of nitrogens with one attached hydrogen (secondary N) is 2. The van der Waals surface area contributed by atoms with Gasteiger partial charge in [0, 0.05) is 24.8 Å². The molecule has 1 saturated heterocycles. The number of carbonyl (C=O) groups is 1. The third kappa shape index (κ3) is 3.51. The number of hydrogen-bond acceptors (Lipinski definition) is 2. The highest BCUT2D eigenvalue weighted by molar-refractivity contribution is 5.90. The number of urea groups is 1. The maximum atomic E-state index is 12.4. The van der Waals surface area contributed by atoms with Gasteiger partial charge < -0.3 is 15.5 Å². The van der Waals surface area contributed by atoms with Crippen LogP contribution in [0.3, 0.4) is 0 Å². The van der Waals surface area contributed by atoms with E-state index < -0.39 is 0 Å². The molecule has 1 aromatic rings. The molecule has 1 aromatic carbocycles. The van der Waals surface area contributed by atoms with E-state index in [-0.39, 0.29) is 12.1 Å². The van der Waals surface area contributed by atoms with Gasteiger partial charge >= 0.3 is 6.03 Å². The third-order valence-corrected chi connectivity index (χ3v) is 4.05. The summed E-state index contributed by atoms with van der Waals surface area (Å²) in [4.78, 5) is 14.3. The molecule has 4 nitrogen and oxygen atoms in total. The highest BCUT2D eigenvalue weighted by Gasteiger charge is 2.21. The molecule has 0 spiro atoms. The van der Waals surface area contributed by atoms with Crippen molar-refractivity contribution in [2.45, 2.75) is 32.7 Å². The second kappa shape index (κ2) is 6.75. The molecule has 2 N–H and O–H groups in total. The lowest BCUT2D eigenvalue weighted by Gasteiger charge is -2.31. The van der Waals surface area contributed by atoms with E-state index in [1.54, 1.807) is 0 Å². The standard InChI is InChI=1S/C16H25N3O/c1-12-7-6-10-19(11-12)16(20)18-15-9-5-4-8-14(15)13(2)17-3/h4-5,8-9,12-13,17H,6-7,10-11H2,1-3H3,(H,18,20). The molecule has 0 aliphatic carbocycles. The van der Waals surface area contributed by atoms with Crippen LogP contribution in [-0.4, -0.2) is 31.1 Å². The molecule has 0 radical (unpaired) electrons. The van der Waals surface area contributed by atoms with Gasteiger partial charge in [-0.3, -0.25) is 0 Å². The van der Waals surface area contributed by atoms with Crippen LogP contribution in [0.25, 0.3) is 0 Å². The number of likely N-dealkylation sites (tertiary alicyclic amines) is 1. The second-order valence-corrected chi connectivity index (χ2v) is 5.72. The summed E-state index contributed by atoms with van der Waals surface area (Å²) in [6, 6.07) is 8.21. The summed E-state index contributed by atoms with van der Waals surface area (Å²) in [5, 5.41) is 6.28. The molecule has 2 unspecified atom stereocenters. The predicted octanol–water partition coefficient (Wildman–Crippen LogP) is 3.23. The zero-order chi connectivity index (χ0) is 14.5. The van der Waals surface area contributed by atoms with Crippen LogP contribution in [0.4, 0.5) is 10.5 Å². The maximum Gasteiger partial charge on any atom is 0.321 e. The van der Waals surface area contributed by atoms with Crippen molar-refractivity contribution >= 4 is 11.7 Å². The van der Waals surface area contributed by atoms with E-state index in [4.69, 9.17) is 0 Å². The first-order chi connectivity index (χ1) is 9.61. The molecule has 0 aromatic heterocycles. The summed E-state index contributed by atoms with van der Waals surface area (Å²) in [7, 11) is 1.93. The molecule has 0 saturated carbocycles. The average molecular weight is 275 g/mol. The first kappa shape index (κ1) is 14.9. The van der Waals surface area contributed by atoms with Gasteiger partial charge in [-0.25, -0.2) is 4.79 Å². The fourth-order valence-electron chi connectivity index (χ4n) is 2.71. The van der Waals surface area contributed by atoms with E-state index in [9.17, 15) is 4.79 Å². The minimum absolute atomic E-state index is 0.0207. The van der Waals surface area contributed by atoms with Gasteiger partial charge in [0.25, 0.3) is 0 Å². The molecule has 1 aliphatic heterocycles. The number of carbonyl (C=O) groups excluding carboxylic acids is 1. The maximum absolute atomic E-state index is 12.4. The number of nitrogens with zero attached hydrogens (tertiary/aromatic N) is 1.